The average Bonchev–Trinajstić information content (AvgIpc) is 3.23. The van der Waals surface area contributed by atoms with Gasteiger partial charge in [-0.05, 0) is 36.8 Å². The quantitative estimate of drug-likeness (QED) is 0.383. The number of benzene rings is 2. The molecule has 180 valence electrons. The maximum absolute atomic E-state index is 13.3. The van der Waals surface area contributed by atoms with Crippen molar-refractivity contribution in [2.75, 3.05) is 11.9 Å². The van der Waals surface area contributed by atoms with Crippen molar-refractivity contribution < 1.29 is 27.5 Å². The Hall–Kier alpha value is -3.99. The van der Waals surface area contributed by atoms with Gasteiger partial charge in [-0.25, -0.2) is 4.79 Å². The monoisotopic (exact) mass is 501 g/mol. The Bertz CT molecular complexity index is 1450. The van der Waals surface area contributed by atoms with Crippen LogP contribution in [0.15, 0.2) is 64.8 Å². The zero-order valence-electron chi connectivity index (χ0n) is 18.3. The summed E-state index contributed by atoms with van der Waals surface area (Å²) in [5.74, 6) is -1.19. The van der Waals surface area contributed by atoms with Gasteiger partial charge in [-0.15, -0.1) is 11.3 Å². The van der Waals surface area contributed by atoms with Gasteiger partial charge in [0.05, 0.1) is 29.7 Å². The molecule has 0 radical (unpaired) electrons. The largest absolute Gasteiger partial charge is 0.461 e. The SMILES string of the molecule is CCOC(=O)c1nn(-c2ccc(C(F)(F)F)cc2)c(=O)c2c(NC(=O)Cc3ccccc3)scc12. The maximum Gasteiger partial charge on any atom is 0.416 e. The molecule has 0 saturated heterocycles. The molecule has 2 aromatic heterocycles. The molecule has 7 nitrogen and oxygen atoms in total. The predicted octanol–water partition coefficient (Wildman–Crippen LogP) is 4.82. The van der Waals surface area contributed by atoms with E-state index in [0.717, 1.165) is 45.8 Å². The number of hydrogen-bond donors (Lipinski definition) is 1. The number of fused-ring (bicyclic) bond motifs is 1. The summed E-state index contributed by atoms with van der Waals surface area (Å²) in [7, 11) is 0. The number of nitrogens with zero attached hydrogens (tertiary/aromatic N) is 2. The molecule has 11 heteroatoms. The van der Waals surface area contributed by atoms with Crippen LogP contribution in [0.4, 0.5) is 18.2 Å². The molecule has 0 spiro atoms. The van der Waals surface area contributed by atoms with Crippen molar-refractivity contribution in [3.63, 3.8) is 0 Å². The summed E-state index contributed by atoms with van der Waals surface area (Å²) in [6.45, 7) is 1.65. The van der Waals surface area contributed by atoms with Gasteiger partial charge in [-0.3, -0.25) is 9.59 Å². The molecule has 0 bridgehead atoms. The van der Waals surface area contributed by atoms with Crippen LogP contribution in [0.5, 0.6) is 0 Å². The molecule has 0 aliphatic rings. The Balaban J connectivity index is 1.80. The third-order valence-electron chi connectivity index (χ3n) is 5.02. The highest BCUT2D eigenvalue weighted by molar-refractivity contribution is 7.16. The number of alkyl halides is 3. The van der Waals surface area contributed by atoms with Crippen molar-refractivity contribution >= 4 is 39.0 Å². The summed E-state index contributed by atoms with van der Waals surface area (Å²) in [5, 5.41) is 8.67. The lowest BCUT2D eigenvalue weighted by molar-refractivity contribution is -0.137. The number of anilines is 1. The zero-order chi connectivity index (χ0) is 25.2. The van der Waals surface area contributed by atoms with Gasteiger partial charge >= 0.3 is 12.1 Å². The molecule has 2 heterocycles. The Morgan fingerprint density at radius 2 is 1.77 bits per heavy atom. The average molecular weight is 501 g/mol. The Morgan fingerprint density at radius 3 is 2.40 bits per heavy atom. The van der Waals surface area contributed by atoms with Crippen molar-refractivity contribution in [3.05, 3.63) is 87.2 Å². The standard InChI is InChI=1S/C24H18F3N3O4S/c1-2-34-23(33)20-17-13-35-21(28-18(31)12-14-6-4-3-5-7-14)19(17)22(32)30(29-20)16-10-8-15(9-11-16)24(25,26)27/h3-11,13H,2,12H2,1H3,(H,28,31). The zero-order valence-corrected chi connectivity index (χ0v) is 19.1. The van der Waals surface area contributed by atoms with Crippen LogP contribution in [0.2, 0.25) is 0 Å². The number of hydrogen-bond acceptors (Lipinski definition) is 6. The fourth-order valence-electron chi connectivity index (χ4n) is 3.41. The third kappa shape index (κ3) is 5.09. The molecule has 0 aliphatic carbocycles. The first kappa shape index (κ1) is 24.1. The lowest BCUT2D eigenvalue weighted by atomic mass is 10.1. The number of esters is 1. The van der Waals surface area contributed by atoms with Crippen LogP contribution < -0.4 is 10.9 Å². The van der Waals surface area contributed by atoms with Crippen LogP contribution in [0.25, 0.3) is 16.5 Å². The molecule has 0 unspecified atom stereocenters. The molecule has 35 heavy (non-hydrogen) atoms. The molecule has 0 aliphatic heterocycles. The highest BCUT2D eigenvalue weighted by atomic mass is 32.1. The van der Waals surface area contributed by atoms with Crippen LogP contribution in [-0.4, -0.2) is 28.3 Å². The summed E-state index contributed by atoms with van der Waals surface area (Å²) < 4.78 is 44.8. The van der Waals surface area contributed by atoms with Gasteiger partial charge < -0.3 is 10.1 Å². The van der Waals surface area contributed by atoms with Gasteiger partial charge in [0.2, 0.25) is 5.91 Å². The van der Waals surface area contributed by atoms with E-state index >= 15 is 0 Å². The number of ether oxygens (including phenoxy) is 1. The van der Waals surface area contributed by atoms with E-state index in [1.807, 2.05) is 6.07 Å². The van der Waals surface area contributed by atoms with E-state index in [1.54, 1.807) is 31.2 Å². The maximum atomic E-state index is 13.3. The number of carbonyl (C=O) groups excluding carboxylic acids is 2. The number of carbonyl (C=O) groups is 2. The van der Waals surface area contributed by atoms with Crippen molar-refractivity contribution in [1.82, 2.24) is 9.78 Å². The summed E-state index contributed by atoms with van der Waals surface area (Å²) in [6.07, 6.45) is -4.50. The molecule has 1 amide bonds. The third-order valence-corrected chi connectivity index (χ3v) is 5.92. The molecule has 2 aromatic carbocycles. The van der Waals surface area contributed by atoms with Crippen LogP contribution >= 0.6 is 11.3 Å². The van der Waals surface area contributed by atoms with Crippen LogP contribution in [0.1, 0.15) is 28.5 Å². The van der Waals surface area contributed by atoms with E-state index < -0.39 is 23.3 Å². The van der Waals surface area contributed by atoms with Gasteiger partial charge in [0, 0.05) is 10.8 Å². The summed E-state index contributed by atoms with van der Waals surface area (Å²) >= 11 is 1.03. The first-order valence-corrected chi connectivity index (χ1v) is 11.3. The fraction of sp³-hybridized carbons (Fsp3) is 0.167. The van der Waals surface area contributed by atoms with E-state index in [-0.39, 0.29) is 46.1 Å². The number of amides is 1. The minimum Gasteiger partial charge on any atom is -0.461 e. The molecular formula is C24H18F3N3O4S. The normalized spacial score (nSPS) is 11.4. The number of nitrogens with one attached hydrogen (secondary N) is 1. The molecule has 4 aromatic rings. The smallest absolute Gasteiger partial charge is 0.416 e. The van der Waals surface area contributed by atoms with E-state index in [0.29, 0.717) is 0 Å². The Kier molecular flexibility index (Phi) is 6.70. The van der Waals surface area contributed by atoms with Gasteiger partial charge in [0.25, 0.3) is 5.56 Å². The second-order valence-electron chi connectivity index (χ2n) is 7.39. The van der Waals surface area contributed by atoms with E-state index in [1.165, 1.54) is 5.38 Å². The number of halogens is 3. The minimum atomic E-state index is -4.56. The summed E-state index contributed by atoms with van der Waals surface area (Å²) in [5.41, 5.74) is -1.01. The number of rotatable bonds is 6. The van der Waals surface area contributed by atoms with E-state index in [4.69, 9.17) is 4.74 Å². The van der Waals surface area contributed by atoms with E-state index in [2.05, 4.69) is 10.4 Å². The predicted molar refractivity (Wildman–Crippen MR) is 125 cm³/mol. The Labute approximate surface area is 200 Å². The topological polar surface area (TPSA) is 90.3 Å². The van der Waals surface area contributed by atoms with E-state index in [9.17, 15) is 27.6 Å². The first-order valence-electron chi connectivity index (χ1n) is 10.4. The highest BCUT2D eigenvalue weighted by Gasteiger charge is 2.30. The molecule has 1 N–H and O–H groups in total. The molecule has 0 fully saturated rings. The molecular weight excluding hydrogens is 483 g/mol. The second-order valence-corrected chi connectivity index (χ2v) is 8.27. The minimum absolute atomic E-state index is 0.00867. The molecule has 0 saturated carbocycles. The molecule has 4 rings (SSSR count). The van der Waals surface area contributed by atoms with Gasteiger partial charge in [0.1, 0.15) is 5.00 Å². The van der Waals surface area contributed by atoms with Crippen LogP contribution in [0.3, 0.4) is 0 Å². The van der Waals surface area contributed by atoms with Crippen LogP contribution in [-0.2, 0) is 22.1 Å². The number of aromatic nitrogens is 2. The van der Waals surface area contributed by atoms with Crippen LogP contribution in [0, 0.1) is 0 Å². The van der Waals surface area contributed by atoms with Gasteiger partial charge in [-0.2, -0.15) is 23.0 Å². The first-order chi connectivity index (χ1) is 16.7. The van der Waals surface area contributed by atoms with Crippen molar-refractivity contribution in [2.45, 2.75) is 19.5 Å². The lowest BCUT2D eigenvalue weighted by Gasteiger charge is -2.11. The van der Waals surface area contributed by atoms with Crippen molar-refractivity contribution in [1.29, 1.82) is 0 Å². The Morgan fingerprint density at radius 1 is 1.09 bits per heavy atom. The highest BCUT2D eigenvalue weighted by Crippen LogP contribution is 2.32. The lowest BCUT2D eigenvalue weighted by Crippen LogP contribution is -2.26. The molecule has 0 atom stereocenters. The summed E-state index contributed by atoms with van der Waals surface area (Å²) in [4.78, 5) is 38.5. The number of thiophene rings is 1. The second kappa shape index (κ2) is 9.71. The summed E-state index contributed by atoms with van der Waals surface area (Å²) in [6, 6.07) is 12.8. The van der Waals surface area contributed by atoms with Crippen molar-refractivity contribution in [2.24, 2.45) is 0 Å². The van der Waals surface area contributed by atoms with Crippen molar-refractivity contribution in [3.8, 4) is 5.69 Å². The fourth-order valence-corrected chi connectivity index (χ4v) is 4.36. The van der Waals surface area contributed by atoms with Gasteiger partial charge in [-0.1, -0.05) is 30.3 Å². The van der Waals surface area contributed by atoms with Gasteiger partial charge in [0.15, 0.2) is 5.69 Å².